The molecule has 1 saturated heterocycles. The summed E-state index contributed by atoms with van der Waals surface area (Å²) in [7, 11) is 1.66. The van der Waals surface area contributed by atoms with Gasteiger partial charge in [0.15, 0.2) is 0 Å². The van der Waals surface area contributed by atoms with Crippen LogP contribution in [0.5, 0.6) is 5.75 Å². The molecule has 1 saturated carbocycles. The first-order chi connectivity index (χ1) is 14.0. The number of rotatable bonds is 6. The van der Waals surface area contributed by atoms with Gasteiger partial charge in [-0.25, -0.2) is 0 Å². The van der Waals surface area contributed by atoms with Crippen molar-refractivity contribution in [2.45, 2.75) is 32.1 Å². The van der Waals surface area contributed by atoms with Gasteiger partial charge in [0.2, 0.25) is 11.8 Å². The number of primary amides is 1. The molecule has 1 aliphatic carbocycles. The summed E-state index contributed by atoms with van der Waals surface area (Å²) >= 11 is 0. The molecule has 0 unspecified atom stereocenters. The van der Waals surface area contributed by atoms with E-state index in [0.29, 0.717) is 13.0 Å². The molecular formula is C24H28N2O3. The number of nitrogens with two attached hydrogens (primary N) is 1. The normalized spacial score (nSPS) is 21.6. The van der Waals surface area contributed by atoms with E-state index in [1.807, 2.05) is 29.2 Å². The van der Waals surface area contributed by atoms with Crippen molar-refractivity contribution in [3.05, 3.63) is 54.1 Å². The molecule has 1 atom stereocenters. The summed E-state index contributed by atoms with van der Waals surface area (Å²) in [6.07, 6.45) is 4.08. The summed E-state index contributed by atoms with van der Waals surface area (Å²) in [5, 5.41) is 0. The molecule has 2 aliphatic rings. The van der Waals surface area contributed by atoms with Crippen LogP contribution in [0.1, 0.15) is 31.2 Å². The average Bonchev–Trinajstić information content (AvgIpc) is 3.59. The fourth-order valence-corrected chi connectivity index (χ4v) is 4.33. The average molecular weight is 392 g/mol. The fraction of sp³-hybridized carbons (Fsp3) is 0.417. The van der Waals surface area contributed by atoms with Crippen LogP contribution in [0, 0.1) is 11.3 Å². The lowest BCUT2D eigenvalue weighted by atomic mass is 9.74. The van der Waals surface area contributed by atoms with Crippen LogP contribution in [0.2, 0.25) is 0 Å². The number of methoxy groups -OCH3 is 1. The first kappa shape index (κ1) is 19.5. The molecule has 2 aromatic rings. The Kier molecular flexibility index (Phi) is 5.31. The van der Waals surface area contributed by atoms with Gasteiger partial charge in [0.1, 0.15) is 5.75 Å². The molecule has 2 fully saturated rings. The molecule has 4 rings (SSSR count). The summed E-state index contributed by atoms with van der Waals surface area (Å²) in [5.74, 6) is 0.897. The summed E-state index contributed by atoms with van der Waals surface area (Å²) < 4.78 is 5.21. The van der Waals surface area contributed by atoms with Crippen molar-refractivity contribution in [2.75, 3.05) is 20.2 Å². The van der Waals surface area contributed by atoms with Gasteiger partial charge < -0.3 is 15.4 Å². The van der Waals surface area contributed by atoms with Crippen molar-refractivity contribution in [3.63, 3.8) is 0 Å². The molecule has 2 aromatic carbocycles. The quantitative estimate of drug-likeness (QED) is 0.819. The Morgan fingerprint density at radius 3 is 2.24 bits per heavy atom. The SMILES string of the molecule is COc1ccc(-c2ccc(C[C@]3(C(N)=O)CCCN(C(=O)C4CC4)C3)cc2)cc1. The van der Waals surface area contributed by atoms with E-state index in [4.69, 9.17) is 10.5 Å². The molecule has 5 nitrogen and oxygen atoms in total. The van der Waals surface area contributed by atoms with E-state index in [0.717, 1.165) is 54.7 Å². The van der Waals surface area contributed by atoms with Crippen LogP contribution in [0.3, 0.4) is 0 Å². The lowest BCUT2D eigenvalue weighted by Crippen LogP contribution is -2.53. The molecule has 152 valence electrons. The number of carbonyl (C=O) groups is 2. The number of carbonyl (C=O) groups excluding carboxylic acids is 2. The molecule has 2 amide bonds. The lowest BCUT2D eigenvalue weighted by molar-refractivity contribution is -0.140. The highest BCUT2D eigenvalue weighted by Crippen LogP contribution is 2.38. The molecule has 0 aromatic heterocycles. The van der Waals surface area contributed by atoms with Gasteiger partial charge in [0, 0.05) is 19.0 Å². The van der Waals surface area contributed by atoms with Crippen LogP contribution < -0.4 is 10.5 Å². The first-order valence-corrected chi connectivity index (χ1v) is 10.3. The topological polar surface area (TPSA) is 72.6 Å². The van der Waals surface area contributed by atoms with Crippen LogP contribution in [0.15, 0.2) is 48.5 Å². The zero-order valence-corrected chi connectivity index (χ0v) is 16.9. The largest absolute Gasteiger partial charge is 0.497 e. The molecule has 29 heavy (non-hydrogen) atoms. The third-order valence-electron chi connectivity index (χ3n) is 6.26. The van der Waals surface area contributed by atoms with Gasteiger partial charge in [-0.15, -0.1) is 0 Å². The second-order valence-corrected chi connectivity index (χ2v) is 8.38. The molecule has 0 radical (unpaired) electrons. The van der Waals surface area contributed by atoms with E-state index in [1.54, 1.807) is 7.11 Å². The monoisotopic (exact) mass is 392 g/mol. The van der Waals surface area contributed by atoms with Crippen molar-refractivity contribution in [2.24, 2.45) is 17.1 Å². The summed E-state index contributed by atoms with van der Waals surface area (Å²) in [6, 6.07) is 16.2. The minimum atomic E-state index is -0.676. The molecule has 1 aliphatic heterocycles. The highest BCUT2D eigenvalue weighted by molar-refractivity contribution is 5.85. The molecule has 0 bridgehead atoms. The minimum absolute atomic E-state index is 0.169. The number of benzene rings is 2. The van der Waals surface area contributed by atoms with E-state index >= 15 is 0 Å². The Morgan fingerprint density at radius 2 is 1.69 bits per heavy atom. The van der Waals surface area contributed by atoms with Gasteiger partial charge in [0.05, 0.1) is 12.5 Å². The molecular weight excluding hydrogens is 364 g/mol. The number of nitrogens with zero attached hydrogens (tertiary/aromatic N) is 1. The smallest absolute Gasteiger partial charge is 0.225 e. The molecule has 5 heteroatoms. The lowest BCUT2D eigenvalue weighted by Gasteiger charge is -2.41. The van der Waals surface area contributed by atoms with E-state index in [-0.39, 0.29) is 17.7 Å². The van der Waals surface area contributed by atoms with Crippen molar-refractivity contribution in [1.29, 1.82) is 0 Å². The summed E-state index contributed by atoms with van der Waals surface area (Å²) in [6.45, 7) is 1.18. The zero-order valence-electron chi connectivity index (χ0n) is 16.9. The number of amides is 2. The third kappa shape index (κ3) is 4.14. The Bertz CT molecular complexity index is 887. The maximum atomic E-state index is 12.5. The fourth-order valence-electron chi connectivity index (χ4n) is 4.33. The van der Waals surface area contributed by atoms with Crippen LogP contribution >= 0.6 is 0 Å². The van der Waals surface area contributed by atoms with Crippen LogP contribution in [0.4, 0.5) is 0 Å². The maximum Gasteiger partial charge on any atom is 0.225 e. The third-order valence-corrected chi connectivity index (χ3v) is 6.26. The van der Waals surface area contributed by atoms with E-state index in [1.165, 1.54) is 0 Å². The number of hydrogen-bond acceptors (Lipinski definition) is 3. The van der Waals surface area contributed by atoms with Crippen molar-refractivity contribution < 1.29 is 14.3 Å². The first-order valence-electron chi connectivity index (χ1n) is 10.3. The van der Waals surface area contributed by atoms with Crippen LogP contribution in [0.25, 0.3) is 11.1 Å². The number of piperidine rings is 1. The van der Waals surface area contributed by atoms with Crippen molar-refractivity contribution >= 4 is 11.8 Å². The molecule has 0 spiro atoms. The van der Waals surface area contributed by atoms with Crippen LogP contribution in [-0.4, -0.2) is 36.9 Å². The summed E-state index contributed by atoms with van der Waals surface area (Å²) in [5.41, 5.74) is 8.48. The van der Waals surface area contributed by atoms with Gasteiger partial charge in [-0.3, -0.25) is 9.59 Å². The predicted octanol–water partition coefficient (Wildman–Crippen LogP) is 3.41. The Morgan fingerprint density at radius 1 is 1.07 bits per heavy atom. The second kappa shape index (κ2) is 7.90. The number of hydrogen-bond donors (Lipinski definition) is 1. The zero-order chi connectivity index (χ0) is 20.4. The maximum absolute atomic E-state index is 12.5. The van der Waals surface area contributed by atoms with Gasteiger partial charge in [-0.05, 0) is 60.9 Å². The number of likely N-dealkylation sites (tertiary alicyclic amines) is 1. The van der Waals surface area contributed by atoms with Crippen LogP contribution in [-0.2, 0) is 16.0 Å². The highest BCUT2D eigenvalue weighted by atomic mass is 16.5. The van der Waals surface area contributed by atoms with Crippen molar-refractivity contribution in [1.82, 2.24) is 4.90 Å². The minimum Gasteiger partial charge on any atom is -0.497 e. The van der Waals surface area contributed by atoms with Gasteiger partial charge in [0.25, 0.3) is 0 Å². The highest BCUT2D eigenvalue weighted by Gasteiger charge is 2.44. The Hall–Kier alpha value is -2.82. The number of ether oxygens (including phenoxy) is 1. The van der Waals surface area contributed by atoms with E-state index in [9.17, 15) is 9.59 Å². The van der Waals surface area contributed by atoms with Gasteiger partial charge in [-0.2, -0.15) is 0 Å². The predicted molar refractivity (Wildman–Crippen MR) is 112 cm³/mol. The van der Waals surface area contributed by atoms with Gasteiger partial charge >= 0.3 is 0 Å². The van der Waals surface area contributed by atoms with Crippen molar-refractivity contribution in [3.8, 4) is 16.9 Å². The second-order valence-electron chi connectivity index (χ2n) is 8.38. The van der Waals surface area contributed by atoms with E-state index < -0.39 is 5.41 Å². The molecule has 1 heterocycles. The Balaban J connectivity index is 1.50. The van der Waals surface area contributed by atoms with E-state index in [2.05, 4.69) is 24.3 Å². The van der Waals surface area contributed by atoms with Gasteiger partial charge in [-0.1, -0.05) is 36.4 Å². The molecule has 2 N–H and O–H groups in total. The Labute approximate surface area is 171 Å². The standard InChI is InChI=1S/C24H28N2O3/c1-29-21-11-9-19(10-12-21)18-5-3-17(4-6-18)15-24(23(25)28)13-2-14-26(16-24)22(27)20-7-8-20/h3-6,9-12,20H,2,7-8,13-16H2,1H3,(H2,25,28)/t24-/m1/s1. The summed E-state index contributed by atoms with van der Waals surface area (Å²) in [4.78, 5) is 26.9.